The quantitative estimate of drug-likeness (QED) is 0.656. The number of nitrogens with one attached hydrogen (secondary N) is 1. The van der Waals surface area contributed by atoms with E-state index in [4.69, 9.17) is 0 Å². The molecular formula is C24H30N6O. The van der Waals surface area contributed by atoms with Gasteiger partial charge in [0.05, 0.1) is 0 Å². The van der Waals surface area contributed by atoms with Crippen molar-refractivity contribution in [1.29, 1.82) is 0 Å². The fourth-order valence-corrected chi connectivity index (χ4v) is 4.13. The van der Waals surface area contributed by atoms with E-state index in [1.807, 2.05) is 44.2 Å². The number of para-hydroxylation sites is 1. The first-order chi connectivity index (χ1) is 15.0. The summed E-state index contributed by atoms with van der Waals surface area (Å²) in [4.78, 5) is 16.3. The first-order valence-electron chi connectivity index (χ1n) is 11.0. The lowest BCUT2D eigenvalue weighted by atomic mass is 10.0. The van der Waals surface area contributed by atoms with Crippen molar-refractivity contribution in [2.45, 2.75) is 59.2 Å². The lowest BCUT2D eigenvalue weighted by Gasteiger charge is -2.33. The zero-order chi connectivity index (χ0) is 21.8. The Morgan fingerprint density at radius 2 is 1.84 bits per heavy atom. The lowest BCUT2D eigenvalue weighted by Crippen LogP contribution is -2.36. The van der Waals surface area contributed by atoms with Crippen molar-refractivity contribution in [3.05, 3.63) is 59.2 Å². The second-order valence-electron chi connectivity index (χ2n) is 8.47. The molecule has 0 saturated carbocycles. The smallest absolute Gasteiger partial charge is 0.248 e. The number of aromatic nitrogens is 4. The maximum absolute atomic E-state index is 12.4. The van der Waals surface area contributed by atoms with Crippen LogP contribution in [0.2, 0.25) is 0 Å². The largest absolute Gasteiger partial charge is 0.324 e. The molecule has 0 radical (unpaired) electrons. The molecule has 7 heteroatoms. The van der Waals surface area contributed by atoms with Gasteiger partial charge in [-0.1, -0.05) is 48.9 Å². The van der Waals surface area contributed by atoms with E-state index in [1.54, 1.807) is 0 Å². The SMILES string of the molecule is Cc1cccc(C)c1NC(=O)Cn1nnc(-c2ccc(CN3CCCC[C@@H]3C)cc2)n1. The van der Waals surface area contributed by atoms with E-state index >= 15 is 0 Å². The number of piperidine rings is 1. The van der Waals surface area contributed by atoms with Crippen LogP contribution < -0.4 is 5.32 Å². The van der Waals surface area contributed by atoms with Crippen LogP contribution in [0.1, 0.15) is 42.9 Å². The van der Waals surface area contributed by atoms with E-state index in [1.165, 1.54) is 36.2 Å². The minimum absolute atomic E-state index is 0.0195. The van der Waals surface area contributed by atoms with Gasteiger partial charge in [-0.2, -0.15) is 4.80 Å². The third-order valence-electron chi connectivity index (χ3n) is 6.02. The van der Waals surface area contributed by atoms with E-state index < -0.39 is 0 Å². The Hall–Kier alpha value is -3.06. The zero-order valence-electron chi connectivity index (χ0n) is 18.5. The Labute approximate surface area is 183 Å². The fraction of sp³-hybridized carbons (Fsp3) is 0.417. The molecule has 2 heterocycles. The molecule has 1 fully saturated rings. The average Bonchev–Trinajstić information content (AvgIpc) is 3.21. The summed E-state index contributed by atoms with van der Waals surface area (Å²) in [7, 11) is 0. The van der Waals surface area contributed by atoms with Gasteiger partial charge in [-0.25, -0.2) is 0 Å². The summed E-state index contributed by atoms with van der Waals surface area (Å²) >= 11 is 0. The summed E-state index contributed by atoms with van der Waals surface area (Å²) in [5.41, 5.74) is 5.08. The first-order valence-corrected chi connectivity index (χ1v) is 11.0. The van der Waals surface area contributed by atoms with Gasteiger partial charge in [-0.15, -0.1) is 10.2 Å². The van der Waals surface area contributed by atoms with E-state index in [-0.39, 0.29) is 12.5 Å². The van der Waals surface area contributed by atoms with Gasteiger partial charge < -0.3 is 5.32 Å². The summed E-state index contributed by atoms with van der Waals surface area (Å²) in [6, 6.07) is 14.9. The highest BCUT2D eigenvalue weighted by Gasteiger charge is 2.18. The number of likely N-dealkylation sites (tertiary alicyclic amines) is 1. The van der Waals surface area contributed by atoms with Crippen molar-refractivity contribution in [2.24, 2.45) is 0 Å². The number of nitrogens with zero attached hydrogens (tertiary/aromatic N) is 5. The minimum Gasteiger partial charge on any atom is -0.324 e. The number of rotatable bonds is 6. The van der Waals surface area contributed by atoms with Gasteiger partial charge in [0.1, 0.15) is 6.54 Å². The number of carbonyl (C=O) groups is 1. The van der Waals surface area contributed by atoms with Crippen LogP contribution >= 0.6 is 0 Å². The Balaban J connectivity index is 1.37. The zero-order valence-corrected chi connectivity index (χ0v) is 18.5. The number of tetrazole rings is 1. The molecule has 1 aliphatic rings. The standard InChI is InChI=1S/C24H30N6O/c1-17-7-6-8-18(2)23(17)25-22(31)16-30-27-24(26-28-30)21-12-10-20(11-13-21)15-29-14-5-4-9-19(29)3/h6-8,10-13,19H,4-5,9,14-16H2,1-3H3,(H,25,31)/t19-/m0/s1. The third-order valence-corrected chi connectivity index (χ3v) is 6.02. The molecule has 0 unspecified atom stereocenters. The highest BCUT2D eigenvalue weighted by Crippen LogP contribution is 2.21. The maximum atomic E-state index is 12.4. The van der Waals surface area contributed by atoms with Gasteiger partial charge in [0.25, 0.3) is 0 Å². The van der Waals surface area contributed by atoms with Crippen LogP contribution in [0.25, 0.3) is 11.4 Å². The summed E-state index contributed by atoms with van der Waals surface area (Å²) in [6.45, 7) is 8.43. The highest BCUT2D eigenvalue weighted by molar-refractivity contribution is 5.92. The Kier molecular flexibility index (Phi) is 6.42. The van der Waals surface area contributed by atoms with E-state index in [9.17, 15) is 4.79 Å². The van der Waals surface area contributed by atoms with Crippen molar-refractivity contribution < 1.29 is 4.79 Å². The Bertz CT molecular complexity index is 1020. The van der Waals surface area contributed by atoms with Crippen molar-refractivity contribution in [3.8, 4) is 11.4 Å². The summed E-state index contributed by atoms with van der Waals surface area (Å²) in [5, 5.41) is 15.5. The van der Waals surface area contributed by atoms with Crippen molar-refractivity contribution >= 4 is 11.6 Å². The number of anilines is 1. The molecule has 31 heavy (non-hydrogen) atoms. The van der Waals surface area contributed by atoms with Gasteiger partial charge in [0.2, 0.25) is 11.7 Å². The molecule has 1 saturated heterocycles. The third kappa shape index (κ3) is 5.17. The van der Waals surface area contributed by atoms with Gasteiger partial charge in [0, 0.05) is 23.8 Å². The Morgan fingerprint density at radius 3 is 2.55 bits per heavy atom. The lowest BCUT2D eigenvalue weighted by molar-refractivity contribution is -0.117. The van der Waals surface area contributed by atoms with Crippen LogP contribution in [-0.4, -0.2) is 43.6 Å². The van der Waals surface area contributed by atoms with Crippen LogP contribution in [0.15, 0.2) is 42.5 Å². The number of hydrogen-bond donors (Lipinski definition) is 1. The molecule has 4 rings (SSSR count). The molecule has 0 aliphatic carbocycles. The number of hydrogen-bond acceptors (Lipinski definition) is 5. The van der Waals surface area contributed by atoms with Crippen molar-refractivity contribution in [2.75, 3.05) is 11.9 Å². The highest BCUT2D eigenvalue weighted by atomic mass is 16.2. The molecule has 0 spiro atoms. The second-order valence-corrected chi connectivity index (χ2v) is 8.47. The van der Waals surface area contributed by atoms with Gasteiger partial charge in [-0.3, -0.25) is 9.69 Å². The van der Waals surface area contributed by atoms with E-state index in [0.29, 0.717) is 11.9 Å². The van der Waals surface area contributed by atoms with Crippen LogP contribution in [-0.2, 0) is 17.9 Å². The molecule has 162 valence electrons. The van der Waals surface area contributed by atoms with Crippen LogP contribution in [0.5, 0.6) is 0 Å². The van der Waals surface area contributed by atoms with Crippen LogP contribution in [0.3, 0.4) is 0 Å². The molecule has 1 aromatic heterocycles. The summed E-state index contributed by atoms with van der Waals surface area (Å²) in [5.74, 6) is 0.352. The number of carbonyl (C=O) groups excluding carboxylic acids is 1. The molecule has 7 nitrogen and oxygen atoms in total. The van der Waals surface area contributed by atoms with E-state index in [2.05, 4.69) is 44.7 Å². The molecular weight excluding hydrogens is 388 g/mol. The molecule has 1 amide bonds. The molecule has 1 N–H and O–H groups in total. The molecule has 1 atom stereocenters. The molecule has 2 aromatic carbocycles. The van der Waals surface area contributed by atoms with Gasteiger partial charge in [0.15, 0.2) is 0 Å². The van der Waals surface area contributed by atoms with Crippen LogP contribution in [0.4, 0.5) is 5.69 Å². The molecule has 1 aliphatic heterocycles. The fourth-order valence-electron chi connectivity index (χ4n) is 4.13. The maximum Gasteiger partial charge on any atom is 0.248 e. The molecule has 3 aromatic rings. The monoisotopic (exact) mass is 418 g/mol. The topological polar surface area (TPSA) is 75.9 Å². The number of aryl methyl sites for hydroxylation is 2. The number of benzene rings is 2. The first kappa shape index (κ1) is 21.2. The average molecular weight is 419 g/mol. The van der Waals surface area contributed by atoms with E-state index in [0.717, 1.165) is 28.9 Å². The number of amides is 1. The van der Waals surface area contributed by atoms with Crippen LogP contribution in [0, 0.1) is 13.8 Å². The summed E-state index contributed by atoms with van der Waals surface area (Å²) in [6.07, 6.45) is 3.90. The summed E-state index contributed by atoms with van der Waals surface area (Å²) < 4.78 is 0. The molecule has 0 bridgehead atoms. The second kappa shape index (κ2) is 9.39. The van der Waals surface area contributed by atoms with Gasteiger partial charge >= 0.3 is 0 Å². The van der Waals surface area contributed by atoms with Gasteiger partial charge in [-0.05, 0) is 62.1 Å². The normalized spacial score (nSPS) is 16.9. The Morgan fingerprint density at radius 1 is 1.10 bits per heavy atom. The predicted octanol–water partition coefficient (Wildman–Crippen LogP) is 3.97. The predicted molar refractivity (Wildman–Crippen MR) is 122 cm³/mol. The van der Waals surface area contributed by atoms with Crippen molar-refractivity contribution in [3.63, 3.8) is 0 Å². The minimum atomic E-state index is -0.174. The van der Waals surface area contributed by atoms with Crippen molar-refractivity contribution in [1.82, 2.24) is 25.1 Å².